The van der Waals surface area contributed by atoms with Crippen LogP contribution in [0.3, 0.4) is 0 Å². The van der Waals surface area contributed by atoms with Crippen LogP contribution in [-0.2, 0) is 0 Å². The van der Waals surface area contributed by atoms with Gasteiger partial charge < -0.3 is 14.6 Å². The van der Waals surface area contributed by atoms with Gasteiger partial charge in [-0.05, 0) is 18.6 Å². The van der Waals surface area contributed by atoms with E-state index >= 15 is 0 Å². The monoisotopic (exact) mass is 278 g/mol. The quantitative estimate of drug-likeness (QED) is 0.687. The van der Waals surface area contributed by atoms with Crippen molar-refractivity contribution in [3.05, 3.63) is 23.8 Å². The minimum atomic E-state index is -0.484. The summed E-state index contributed by atoms with van der Waals surface area (Å²) < 4.78 is 11.1. The summed E-state index contributed by atoms with van der Waals surface area (Å²) in [5, 5.41) is 9.64. The van der Waals surface area contributed by atoms with Gasteiger partial charge in [0, 0.05) is 11.6 Å². The molecule has 0 aromatic heterocycles. The Hall–Kier alpha value is -1.22. The van der Waals surface area contributed by atoms with Crippen LogP contribution in [-0.4, -0.2) is 18.3 Å². The molecule has 0 saturated heterocycles. The van der Waals surface area contributed by atoms with Crippen LogP contribution >= 0.6 is 0 Å². The molecule has 0 saturated carbocycles. The molecule has 1 heterocycles. The van der Waals surface area contributed by atoms with Crippen molar-refractivity contribution in [2.45, 2.75) is 58.0 Å². The molecule has 3 heteroatoms. The Bertz CT molecular complexity index is 403. The average Bonchev–Trinajstić information content (AvgIpc) is 2.83. The normalized spacial score (nSPS) is 16.8. The van der Waals surface area contributed by atoms with E-state index in [1.54, 1.807) is 0 Å². The molecule has 1 aliphatic heterocycles. The molecular formula is C17H26O3. The van der Waals surface area contributed by atoms with Crippen LogP contribution in [0, 0.1) is 0 Å². The van der Waals surface area contributed by atoms with Crippen molar-refractivity contribution in [1.82, 2.24) is 0 Å². The van der Waals surface area contributed by atoms with Crippen LogP contribution in [0.25, 0.3) is 0 Å². The lowest BCUT2D eigenvalue weighted by atomic mass is 10.1. The van der Waals surface area contributed by atoms with E-state index in [-0.39, 0.29) is 0 Å². The van der Waals surface area contributed by atoms with Gasteiger partial charge in [-0.2, -0.15) is 0 Å². The summed E-state index contributed by atoms with van der Waals surface area (Å²) in [5.41, 5.74) is 0.869. The van der Waals surface area contributed by atoms with Crippen molar-refractivity contribution in [3.63, 3.8) is 0 Å². The molecule has 0 aliphatic carbocycles. The number of ether oxygens (including phenoxy) is 2. The summed E-state index contributed by atoms with van der Waals surface area (Å²) in [6.45, 7) is 3.36. The number of aliphatic hydroxyl groups is 1. The number of rotatable bonds is 9. The third-order valence-corrected chi connectivity index (χ3v) is 3.76. The van der Waals surface area contributed by atoms with E-state index in [0.717, 1.165) is 30.1 Å². The number of fused-ring (bicyclic) bond motifs is 1. The van der Waals surface area contributed by atoms with Gasteiger partial charge >= 0.3 is 0 Å². The Kier molecular flexibility index (Phi) is 6.19. The summed E-state index contributed by atoms with van der Waals surface area (Å²) >= 11 is 0. The Morgan fingerprint density at radius 3 is 2.70 bits per heavy atom. The number of hydrogen-bond acceptors (Lipinski definition) is 3. The minimum absolute atomic E-state index is 0.358. The lowest BCUT2D eigenvalue weighted by Gasteiger charge is -2.08. The van der Waals surface area contributed by atoms with Gasteiger partial charge in [-0.25, -0.2) is 0 Å². The molecule has 1 aliphatic rings. The molecule has 1 aromatic rings. The molecule has 0 spiro atoms. The fourth-order valence-corrected chi connectivity index (χ4v) is 2.51. The maximum atomic E-state index is 9.64. The van der Waals surface area contributed by atoms with Crippen molar-refractivity contribution in [3.8, 4) is 11.5 Å². The van der Waals surface area contributed by atoms with Crippen molar-refractivity contribution < 1.29 is 14.6 Å². The molecule has 1 atom stereocenters. The van der Waals surface area contributed by atoms with Crippen molar-refractivity contribution >= 4 is 0 Å². The second-order valence-electron chi connectivity index (χ2n) is 5.50. The molecule has 1 N–H and O–H groups in total. The van der Waals surface area contributed by atoms with Gasteiger partial charge in [0.15, 0.2) is 0 Å². The molecule has 0 fully saturated rings. The summed E-state index contributed by atoms with van der Waals surface area (Å²) in [7, 11) is 0. The van der Waals surface area contributed by atoms with Crippen LogP contribution in [0.15, 0.2) is 18.2 Å². The van der Waals surface area contributed by atoms with Crippen LogP contribution in [0.4, 0.5) is 0 Å². The molecule has 0 amide bonds. The minimum Gasteiger partial charge on any atom is -0.493 e. The van der Waals surface area contributed by atoms with Gasteiger partial charge in [0.05, 0.1) is 6.61 Å². The lowest BCUT2D eigenvalue weighted by Crippen LogP contribution is -1.97. The van der Waals surface area contributed by atoms with Crippen LogP contribution in [0.2, 0.25) is 0 Å². The predicted octanol–water partition coefficient (Wildman–Crippen LogP) is 4.24. The van der Waals surface area contributed by atoms with Gasteiger partial charge in [-0.15, -0.1) is 0 Å². The second kappa shape index (κ2) is 8.15. The third kappa shape index (κ3) is 4.41. The van der Waals surface area contributed by atoms with Crippen molar-refractivity contribution in [2.75, 3.05) is 13.2 Å². The zero-order valence-corrected chi connectivity index (χ0v) is 12.4. The van der Waals surface area contributed by atoms with Crippen LogP contribution in [0.1, 0.15) is 63.5 Å². The van der Waals surface area contributed by atoms with Crippen molar-refractivity contribution in [1.29, 1.82) is 0 Å². The smallest absolute Gasteiger partial charge is 0.129 e. The first-order valence-electron chi connectivity index (χ1n) is 7.89. The Morgan fingerprint density at radius 2 is 1.90 bits per heavy atom. The fourth-order valence-electron chi connectivity index (χ4n) is 2.51. The molecular weight excluding hydrogens is 252 g/mol. The molecule has 20 heavy (non-hydrogen) atoms. The van der Waals surface area contributed by atoms with E-state index in [1.807, 2.05) is 18.2 Å². The van der Waals surface area contributed by atoms with E-state index in [4.69, 9.17) is 9.47 Å². The van der Waals surface area contributed by atoms with Gasteiger partial charge in [-0.3, -0.25) is 0 Å². The Morgan fingerprint density at radius 1 is 1.15 bits per heavy atom. The highest BCUT2D eigenvalue weighted by Gasteiger charge is 2.21. The summed E-state index contributed by atoms with van der Waals surface area (Å²) in [6, 6.07) is 5.69. The topological polar surface area (TPSA) is 38.7 Å². The summed E-state index contributed by atoms with van der Waals surface area (Å²) in [6.07, 6.45) is 8.54. The van der Waals surface area contributed by atoms with Gasteiger partial charge in [-0.1, -0.05) is 45.4 Å². The molecule has 3 nitrogen and oxygen atoms in total. The van der Waals surface area contributed by atoms with Gasteiger partial charge in [0.2, 0.25) is 0 Å². The largest absolute Gasteiger partial charge is 0.493 e. The highest BCUT2D eigenvalue weighted by molar-refractivity contribution is 5.44. The predicted molar refractivity (Wildman–Crippen MR) is 80.4 cm³/mol. The van der Waals surface area contributed by atoms with Crippen LogP contribution < -0.4 is 9.47 Å². The standard InChI is InChI=1S/C17H26O3/c1-2-3-4-5-6-7-8-11-19-14-9-10-15-16(18)13-20-17(15)12-14/h9-10,12,16,18H,2-8,11,13H2,1H3. The van der Waals surface area contributed by atoms with E-state index in [9.17, 15) is 5.11 Å². The second-order valence-corrected chi connectivity index (χ2v) is 5.50. The van der Waals surface area contributed by atoms with E-state index in [1.165, 1.54) is 38.5 Å². The lowest BCUT2D eigenvalue weighted by molar-refractivity contribution is 0.140. The third-order valence-electron chi connectivity index (χ3n) is 3.76. The highest BCUT2D eigenvalue weighted by Crippen LogP contribution is 2.35. The molecule has 2 rings (SSSR count). The van der Waals surface area contributed by atoms with E-state index in [2.05, 4.69) is 6.92 Å². The zero-order chi connectivity index (χ0) is 14.2. The van der Waals surface area contributed by atoms with Crippen molar-refractivity contribution in [2.24, 2.45) is 0 Å². The molecule has 0 bridgehead atoms. The zero-order valence-electron chi connectivity index (χ0n) is 12.4. The molecule has 1 aromatic carbocycles. The van der Waals surface area contributed by atoms with E-state index in [0.29, 0.717) is 6.61 Å². The Balaban J connectivity index is 1.60. The first kappa shape index (κ1) is 15.2. The SMILES string of the molecule is CCCCCCCCCOc1ccc2c(c1)OCC2O. The highest BCUT2D eigenvalue weighted by atomic mass is 16.5. The number of aliphatic hydroxyl groups excluding tert-OH is 1. The Labute approximate surface area is 121 Å². The van der Waals surface area contributed by atoms with Gasteiger partial charge in [0.25, 0.3) is 0 Å². The number of hydrogen-bond donors (Lipinski definition) is 1. The first-order valence-corrected chi connectivity index (χ1v) is 7.89. The maximum Gasteiger partial charge on any atom is 0.129 e. The summed E-state index contributed by atoms with van der Waals surface area (Å²) in [4.78, 5) is 0. The average molecular weight is 278 g/mol. The molecule has 0 radical (unpaired) electrons. The van der Waals surface area contributed by atoms with Crippen LogP contribution in [0.5, 0.6) is 11.5 Å². The molecule has 1 unspecified atom stereocenters. The van der Waals surface area contributed by atoms with E-state index < -0.39 is 6.10 Å². The fraction of sp³-hybridized carbons (Fsp3) is 0.647. The number of benzene rings is 1. The maximum absolute atomic E-state index is 9.64. The summed E-state index contributed by atoms with van der Waals surface area (Å²) in [5.74, 6) is 1.60. The number of unbranched alkanes of at least 4 members (excludes halogenated alkanes) is 6. The van der Waals surface area contributed by atoms with Gasteiger partial charge in [0.1, 0.15) is 24.2 Å². The molecule has 112 valence electrons. The first-order chi connectivity index (χ1) is 9.81.